The van der Waals surface area contributed by atoms with E-state index in [1.807, 2.05) is 42.5 Å². The van der Waals surface area contributed by atoms with Crippen LogP contribution in [0.1, 0.15) is 76.4 Å². The van der Waals surface area contributed by atoms with Crippen molar-refractivity contribution in [2.24, 2.45) is 0 Å². The lowest BCUT2D eigenvalue weighted by molar-refractivity contribution is -0.136. The molecule has 1 heterocycles. The third kappa shape index (κ3) is 10.8. The minimum absolute atomic E-state index is 0.0552. The van der Waals surface area contributed by atoms with Gasteiger partial charge in [-0.2, -0.15) is 11.8 Å². The lowest BCUT2D eigenvalue weighted by Gasteiger charge is -2.20. The molecule has 180 valence electrons. The van der Waals surface area contributed by atoms with Gasteiger partial charge in [0.15, 0.2) is 5.82 Å². The molecule has 0 saturated carbocycles. The van der Waals surface area contributed by atoms with Gasteiger partial charge in [0.25, 0.3) is 0 Å². The number of aliphatic hydroxyl groups excluding tert-OH is 1. The third-order valence-electron chi connectivity index (χ3n) is 5.31. The smallest absolute Gasteiger partial charge is 0.304 e. The summed E-state index contributed by atoms with van der Waals surface area (Å²) < 4.78 is 0. The number of aliphatic hydroxyl groups is 1. The summed E-state index contributed by atoms with van der Waals surface area (Å²) in [5.41, 5.74) is 1.51. The molecule has 8 heteroatoms. The highest BCUT2D eigenvalue weighted by molar-refractivity contribution is 8.00. The molecule has 0 aliphatic rings. The number of allylic oxidation sites excluding steroid dienone is 3. The van der Waals surface area contributed by atoms with Crippen LogP contribution < -0.4 is 0 Å². The molecule has 0 aliphatic carbocycles. The van der Waals surface area contributed by atoms with E-state index in [2.05, 4.69) is 33.6 Å². The number of nitrogens with one attached hydrogen (secondary N) is 1. The normalized spacial score (nSPS) is 13.6. The topological polar surface area (TPSA) is 112 Å². The second kappa shape index (κ2) is 16.2. The Labute approximate surface area is 200 Å². The van der Waals surface area contributed by atoms with Crippen molar-refractivity contribution < 1.29 is 15.0 Å². The highest BCUT2D eigenvalue weighted by Crippen LogP contribution is 2.30. The summed E-state index contributed by atoms with van der Waals surface area (Å²) in [5.74, 6) is 0.117. The van der Waals surface area contributed by atoms with E-state index in [4.69, 9.17) is 5.11 Å². The molecule has 0 unspecified atom stereocenters. The van der Waals surface area contributed by atoms with Crippen LogP contribution in [0.5, 0.6) is 0 Å². The number of tetrazole rings is 1. The van der Waals surface area contributed by atoms with E-state index in [-0.39, 0.29) is 11.7 Å². The monoisotopic (exact) mass is 472 g/mol. The predicted octanol–water partition coefficient (Wildman–Crippen LogP) is 5.73. The number of benzene rings is 1. The zero-order valence-corrected chi connectivity index (χ0v) is 20.2. The first-order valence-electron chi connectivity index (χ1n) is 11.8. The molecular weight excluding hydrogens is 436 g/mol. The Hall–Kier alpha value is -2.45. The summed E-state index contributed by atoms with van der Waals surface area (Å²) >= 11 is 1.44. The Morgan fingerprint density at radius 3 is 2.67 bits per heavy atom. The minimum Gasteiger partial charge on any atom is -0.481 e. The second-order valence-electron chi connectivity index (χ2n) is 8.02. The fourth-order valence-electron chi connectivity index (χ4n) is 3.44. The van der Waals surface area contributed by atoms with Crippen LogP contribution in [0.2, 0.25) is 0 Å². The zero-order valence-electron chi connectivity index (χ0n) is 19.4. The number of rotatable bonds is 17. The quantitative estimate of drug-likeness (QED) is 0.199. The summed E-state index contributed by atoms with van der Waals surface area (Å²) in [5, 5.41) is 33.6. The van der Waals surface area contributed by atoms with Crippen molar-refractivity contribution in [1.82, 2.24) is 20.6 Å². The second-order valence-corrected chi connectivity index (χ2v) is 9.31. The molecule has 1 aromatic carbocycles. The molecule has 0 aliphatic heterocycles. The van der Waals surface area contributed by atoms with Crippen molar-refractivity contribution in [3.8, 4) is 11.4 Å². The van der Waals surface area contributed by atoms with Crippen molar-refractivity contribution in [2.75, 3.05) is 5.75 Å². The van der Waals surface area contributed by atoms with Crippen molar-refractivity contribution in [3.05, 3.63) is 54.1 Å². The largest absolute Gasteiger partial charge is 0.481 e. The summed E-state index contributed by atoms with van der Waals surface area (Å²) in [6, 6.07) is 7.42. The van der Waals surface area contributed by atoms with Crippen LogP contribution in [0.3, 0.4) is 0 Å². The first-order chi connectivity index (χ1) is 16.1. The number of aliphatic carboxylic acids is 1. The SMILES string of the molecule is CCCCCCCCCC=CC=C[C@@H](SCCC(=O)O)[C@@H](O)c1cccc(-c2nnn[nH]2)c1. The summed E-state index contributed by atoms with van der Waals surface area (Å²) in [6.07, 6.45) is 17.5. The summed E-state index contributed by atoms with van der Waals surface area (Å²) in [7, 11) is 0. The number of hydrogen-bond acceptors (Lipinski definition) is 6. The van der Waals surface area contributed by atoms with Crippen LogP contribution in [-0.4, -0.2) is 47.8 Å². The van der Waals surface area contributed by atoms with Crippen LogP contribution in [0.15, 0.2) is 48.6 Å². The number of nitrogens with zero attached hydrogens (tertiary/aromatic N) is 3. The van der Waals surface area contributed by atoms with E-state index in [9.17, 15) is 9.90 Å². The molecule has 33 heavy (non-hydrogen) atoms. The standard InChI is InChI=1S/C25H36N4O3S/c1-2-3-4-5-6-7-8-9-10-11-12-16-22(33-18-17-23(30)31)24(32)20-14-13-15-21(19-20)25-26-28-29-27-25/h10-16,19,22,24,32H,2-9,17-18H2,1H3,(H,30,31)(H,26,27,28,29)/t22-,24+/m1/s1. The van der Waals surface area contributed by atoms with Gasteiger partial charge in [0.2, 0.25) is 0 Å². The number of thioether (sulfide) groups is 1. The van der Waals surface area contributed by atoms with E-state index in [0.29, 0.717) is 11.6 Å². The molecule has 1 aromatic heterocycles. The Balaban J connectivity index is 1.91. The molecule has 0 saturated heterocycles. The Morgan fingerprint density at radius 2 is 1.94 bits per heavy atom. The molecule has 3 N–H and O–H groups in total. The molecular formula is C25H36N4O3S. The number of aromatic nitrogens is 4. The fraction of sp³-hybridized carbons (Fsp3) is 0.520. The zero-order chi connectivity index (χ0) is 23.7. The maximum atomic E-state index is 11.0. The highest BCUT2D eigenvalue weighted by atomic mass is 32.2. The van der Waals surface area contributed by atoms with Gasteiger partial charge in [-0.15, -0.1) is 5.10 Å². The number of carboxylic acid groups (broad SMARTS) is 1. The van der Waals surface area contributed by atoms with E-state index >= 15 is 0 Å². The molecule has 0 radical (unpaired) electrons. The molecule has 0 bridgehead atoms. The Kier molecular flexibility index (Phi) is 13.2. The molecule has 2 atom stereocenters. The molecule has 0 amide bonds. The van der Waals surface area contributed by atoms with Crippen molar-refractivity contribution in [3.63, 3.8) is 0 Å². The van der Waals surface area contributed by atoms with Gasteiger partial charge >= 0.3 is 5.97 Å². The van der Waals surface area contributed by atoms with Crippen LogP contribution in [0, 0.1) is 0 Å². The molecule has 0 fully saturated rings. The number of carboxylic acids is 1. The molecule has 2 aromatic rings. The van der Waals surface area contributed by atoms with Gasteiger partial charge in [-0.1, -0.05) is 88.0 Å². The van der Waals surface area contributed by atoms with Crippen LogP contribution in [-0.2, 0) is 4.79 Å². The molecule has 7 nitrogen and oxygen atoms in total. The minimum atomic E-state index is -0.839. The maximum absolute atomic E-state index is 11.0. The van der Waals surface area contributed by atoms with E-state index < -0.39 is 12.1 Å². The van der Waals surface area contributed by atoms with E-state index in [0.717, 1.165) is 17.5 Å². The Morgan fingerprint density at radius 1 is 1.15 bits per heavy atom. The lowest BCUT2D eigenvalue weighted by Crippen LogP contribution is -2.14. The van der Waals surface area contributed by atoms with Crippen LogP contribution in [0.25, 0.3) is 11.4 Å². The van der Waals surface area contributed by atoms with Gasteiger partial charge in [0.05, 0.1) is 17.8 Å². The van der Waals surface area contributed by atoms with Gasteiger partial charge in [0.1, 0.15) is 0 Å². The number of H-pyrrole nitrogens is 1. The Bertz CT molecular complexity index is 855. The number of carbonyl (C=O) groups is 1. The third-order valence-corrected chi connectivity index (χ3v) is 6.55. The highest BCUT2D eigenvalue weighted by Gasteiger charge is 2.20. The summed E-state index contributed by atoms with van der Waals surface area (Å²) in [6.45, 7) is 2.24. The number of unbranched alkanes of at least 4 members (excludes halogenated alkanes) is 7. The first kappa shape index (κ1) is 26.8. The van der Waals surface area contributed by atoms with E-state index in [1.54, 1.807) is 0 Å². The summed E-state index contributed by atoms with van der Waals surface area (Å²) in [4.78, 5) is 10.9. The van der Waals surface area contributed by atoms with Crippen LogP contribution >= 0.6 is 11.8 Å². The molecule has 0 spiro atoms. The van der Waals surface area contributed by atoms with Gasteiger partial charge in [-0.05, 0) is 34.9 Å². The van der Waals surface area contributed by atoms with E-state index in [1.165, 1.54) is 56.7 Å². The first-order valence-corrected chi connectivity index (χ1v) is 12.9. The van der Waals surface area contributed by atoms with Gasteiger partial charge in [0, 0.05) is 11.3 Å². The van der Waals surface area contributed by atoms with Gasteiger partial charge in [-0.3, -0.25) is 4.79 Å². The number of hydrogen-bond donors (Lipinski definition) is 3. The average molecular weight is 473 g/mol. The van der Waals surface area contributed by atoms with Crippen molar-refractivity contribution in [1.29, 1.82) is 0 Å². The van der Waals surface area contributed by atoms with Crippen molar-refractivity contribution in [2.45, 2.75) is 76.1 Å². The van der Waals surface area contributed by atoms with Crippen molar-refractivity contribution >= 4 is 17.7 Å². The average Bonchev–Trinajstić information content (AvgIpc) is 3.36. The predicted molar refractivity (Wildman–Crippen MR) is 134 cm³/mol. The molecule has 2 rings (SSSR count). The van der Waals surface area contributed by atoms with Gasteiger partial charge < -0.3 is 10.2 Å². The lowest BCUT2D eigenvalue weighted by atomic mass is 10.0. The fourth-order valence-corrected chi connectivity index (χ4v) is 4.55. The van der Waals surface area contributed by atoms with Gasteiger partial charge in [-0.25, -0.2) is 5.10 Å². The number of aromatic amines is 1. The maximum Gasteiger partial charge on any atom is 0.304 e. The van der Waals surface area contributed by atoms with Crippen LogP contribution in [0.4, 0.5) is 0 Å².